The molecule has 1 unspecified atom stereocenters. The second-order valence-corrected chi connectivity index (χ2v) is 5.17. The molecule has 4 heteroatoms. The Morgan fingerprint density at radius 2 is 1.86 bits per heavy atom. The van der Waals surface area contributed by atoms with Gasteiger partial charge in [-0.15, -0.1) is 0 Å². The number of amides is 1. The summed E-state index contributed by atoms with van der Waals surface area (Å²) in [6, 6.07) is 10.0. The van der Waals surface area contributed by atoms with Crippen LogP contribution in [-0.2, 0) is 11.2 Å². The zero-order valence-electron chi connectivity index (χ0n) is 13.9. The molecule has 0 aromatic heterocycles. The zero-order valence-corrected chi connectivity index (χ0v) is 13.9. The molecular formula is C18H25N3O. The Bertz CT molecular complexity index is 551. The first-order chi connectivity index (χ1) is 10.5. The van der Waals surface area contributed by atoms with Crippen LogP contribution < -0.4 is 5.32 Å². The van der Waals surface area contributed by atoms with Gasteiger partial charge in [0.1, 0.15) is 11.6 Å². The SMILES string of the molecule is CCc1ccc(C(C)NC(=O)/C(C#N)=C\N(CC)CC)cc1. The number of aryl methyl sites for hydroxylation is 1. The van der Waals surface area contributed by atoms with Crippen LogP contribution in [0.15, 0.2) is 36.0 Å². The molecule has 0 heterocycles. The highest BCUT2D eigenvalue weighted by Crippen LogP contribution is 2.14. The molecule has 1 aromatic rings. The monoisotopic (exact) mass is 299 g/mol. The van der Waals surface area contributed by atoms with Gasteiger partial charge in [0.15, 0.2) is 0 Å². The van der Waals surface area contributed by atoms with E-state index in [0.29, 0.717) is 0 Å². The first-order valence-corrected chi connectivity index (χ1v) is 7.81. The van der Waals surface area contributed by atoms with Crippen LogP contribution in [0, 0.1) is 11.3 Å². The largest absolute Gasteiger partial charge is 0.377 e. The lowest BCUT2D eigenvalue weighted by Crippen LogP contribution is -2.29. The first-order valence-electron chi connectivity index (χ1n) is 7.81. The molecule has 0 saturated heterocycles. The summed E-state index contributed by atoms with van der Waals surface area (Å²) < 4.78 is 0. The van der Waals surface area contributed by atoms with Gasteiger partial charge >= 0.3 is 0 Å². The highest BCUT2D eigenvalue weighted by molar-refractivity contribution is 5.97. The molecule has 1 aromatic carbocycles. The predicted octanol–water partition coefficient (Wildman–Crippen LogP) is 3.18. The van der Waals surface area contributed by atoms with Crippen LogP contribution in [0.4, 0.5) is 0 Å². The molecule has 1 atom stereocenters. The zero-order chi connectivity index (χ0) is 16.5. The Kier molecular flexibility index (Phi) is 7.18. The smallest absolute Gasteiger partial charge is 0.263 e. The van der Waals surface area contributed by atoms with Crippen LogP contribution in [-0.4, -0.2) is 23.9 Å². The van der Waals surface area contributed by atoms with Gasteiger partial charge < -0.3 is 10.2 Å². The molecule has 118 valence electrons. The van der Waals surface area contributed by atoms with Crippen molar-refractivity contribution in [2.75, 3.05) is 13.1 Å². The molecule has 0 saturated carbocycles. The molecule has 0 aliphatic heterocycles. The molecule has 22 heavy (non-hydrogen) atoms. The van der Waals surface area contributed by atoms with Crippen molar-refractivity contribution in [3.05, 3.63) is 47.2 Å². The third-order valence-electron chi connectivity index (χ3n) is 3.72. The summed E-state index contributed by atoms with van der Waals surface area (Å²) in [7, 11) is 0. The molecule has 0 spiro atoms. The molecule has 0 aliphatic carbocycles. The van der Waals surface area contributed by atoms with E-state index in [1.165, 1.54) is 5.56 Å². The molecule has 1 amide bonds. The number of nitriles is 1. The van der Waals surface area contributed by atoms with Crippen molar-refractivity contribution in [1.29, 1.82) is 5.26 Å². The van der Waals surface area contributed by atoms with Gasteiger partial charge in [-0.2, -0.15) is 5.26 Å². The fourth-order valence-corrected chi connectivity index (χ4v) is 2.13. The third kappa shape index (κ3) is 4.92. The maximum absolute atomic E-state index is 12.2. The van der Waals surface area contributed by atoms with Crippen molar-refractivity contribution in [3.8, 4) is 6.07 Å². The average molecular weight is 299 g/mol. The standard InChI is InChI=1S/C18H25N3O/c1-5-15-8-10-16(11-9-15)14(4)20-18(22)17(12-19)13-21(6-2)7-3/h8-11,13-14H,5-7H2,1-4H3,(H,20,22)/b17-13-. The van der Waals surface area contributed by atoms with E-state index in [0.717, 1.165) is 25.1 Å². The van der Waals surface area contributed by atoms with E-state index < -0.39 is 0 Å². The van der Waals surface area contributed by atoms with Crippen molar-refractivity contribution >= 4 is 5.91 Å². The van der Waals surface area contributed by atoms with Crippen LogP contribution in [0.3, 0.4) is 0 Å². The number of carbonyl (C=O) groups excluding carboxylic acids is 1. The number of rotatable bonds is 7. The van der Waals surface area contributed by atoms with Crippen molar-refractivity contribution in [2.24, 2.45) is 0 Å². The van der Waals surface area contributed by atoms with Crippen LogP contribution in [0.25, 0.3) is 0 Å². The highest BCUT2D eigenvalue weighted by Gasteiger charge is 2.14. The summed E-state index contributed by atoms with van der Waals surface area (Å²) in [5.41, 5.74) is 2.44. The van der Waals surface area contributed by atoms with Gasteiger partial charge in [-0.25, -0.2) is 0 Å². The number of hydrogen-bond acceptors (Lipinski definition) is 3. The maximum atomic E-state index is 12.2. The molecule has 1 N–H and O–H groups in total. The van der Waals surface area contributed by atoms with Gasteiger partial charge in [-0.3, -0.25) is 4.79 Å². The first kappa shape index (κ1) is 17.8. The summed E-state index contributed by atoms with van der Waals surface area (Å²) >= 11 is 0. The Morgan fingerprint density at radius 1 is 1.27 bits per heavy atom. The lowest BCUT2D eigenvalue weighted by molar-refractivity contribution is -0.117. The number of nitrogens with zero attached hydrogens (tertiary/aromatic N) is 2. The Hall–Kier alpha value is -2.28. The van der Waals surface area contributed by atoms with E-state index in [-0.39, 0.29) is 17.5 Å². The second-order valence-electron chi connectivity index (χ2n) is 5.17. The molecule has 0 fully saturated rings. The van der Waals surface area contributed by atoms with Gasteiger partial charge in [-0.1, -0.05) is 31.2 Å². The summed E-state index contributed by atoms with van der Waals surface area (Å²) in [5.74, 6) is -0.332. The second kappa shape index (κ2) is 8.89. The van der Waals surface area contributed by atoms with E-state index in [1.54, 1.807) is 6.20 Å². The Morgan fingerprint density at radius 3 is 2.32 bits per heavy atom. The molecule has 0 aliphatic rings. The van der Waals surface area contributed by atoms with Gasteiger partial charge in [0.05, 0.1) is 6.04 Å². The third-order valence-corrected chi connectivity index (χ3v) is 3.72. The minimum absolute atomic E-state index is 0.133. The molecule has 0 radical (unpaired) electrons. The lowest BCUT2D eigenvalue weighted by atomic mass is 10.0. The summed E-state index contributed by atoms with van der Waals surface area (Å²) in [5, 5.41) is 12.1. The highest BCUT2D eigenvalue weighted by atomic mass is 16.1. The molecule has 4 nitrogen and oxygen atoms in total. The number of nitrogens with one attached hydrogen (secondary N) is 1. The quantitative estimate of drug-likeness (QED) is 0.621. The van der Waals surface area contributed by atoms with Crippen molar-refractivity contribution < 1.29 is 4.79 Å². The van der Waals surface area contributed by atoms with E-state index in [9.17, 15) is 10.1 Å². The normalized spacial score (nSPS) is 12.4. The lowest BCUT2D eigenvalue weighted by Gasteiger charge is -2.17. The maximum Gasteiger partial charge on any atom is 0.263 e. The topological polar surface area (TPSA) is 56.1 Å². The van der Waals surface area contributed by atoms with E-state index >= 15 is 0 Å². The van der Waals surface area contributed by atoms with Crippen molar-refractivity contribution in [2.45, 2.75) is 40.2 Å². The van der Waals surface area contributed by atoms with E-state index in [2.05, 4.69) is 24.4 Å². The Balaban J connectivity index is 2.78. The number of hydrogen-bond donors (Lipinski definition) is 1. The number of benzene rings is 1. The van der Waals surface area contributed by atoms with Crippen LogP contribution in [0.1, 0.15) is 44.9 Å². The van der Waals surface area contributed by atoms with E-state index in [4.69, 9.17) is 0 Å². The summed E-state index contributed by atoms with van der Waals surface area (Å²) in [4.78, 5) is 14.1. The van der Waals surface area contributed by atoms with Crippen molar-refractivity contribution in [1.82, 2.24) is 10.2 Å². The van der Waals surface area contributed by atoms with E-state index in [1.807, 2.05) is 43.9 Å². The number of carbonyl (C=O) groups is 1. The molecular weight excluding hydrogens is 274 g/mol. The van der Waals surface area contributed by atoms with Crippen LogP contribution >= 0.6 is 0 Å². The molecule has 0 bridgehead atoms. The minimum Gasteiger partial charge on any atom is -0.377 e. The van der Waals surface area contributed by atoms with Gasteiger partial charge in [0.25, 0.3) is 5.91 Å². The summed E-state index contributed by atoms with van der Waals surface area (Å²) in [6.07, 6.45) is 2.62. The van der Waals surface area contributed by atoms with Crippen LogP contribution in [0.2, 0.25) is 0 Å². The predicted molar refractivity (Wildman–Crippen MR) is 89.0 cm³/mol. The molecule has 1 rings (SSSR count). The minimum atomic E-state index is -0.332. The van der Waals surface area contributed by atoms with Gasteiger partial charge in [-0.05, 0) is 38.3 Å². The summed E-state index contributed by atoms with van der Waals surface area (Å²) in [6.45, 7) is 9.55. The Labute approximate surface area is 133 Å². The van der Waals surface area contributed by atoms with Crippen molar-refractivity contribution in [3.63, 3.8) is 0 Å². The fraction of sp³-hybridized carbons (Fsp3) is 0.444. The van der Waals surface area contributed by atoms with Gasteiger partial charge in [0, 0.05) is 19.3 Å². The average Bonchev–Trinajstić information content (AvgIpc) is 2.56. The van der Waals surface area contributed by atoms with Gasteiger partial charge in [0.2, 0.25) is 0 Å². The fourth-order valence-electron chi connectivity index (χ4n) is 2.13. The van der Waals surface area contributed by atoms with Crippen LogP contribution in [0.5, 0.6) is 0 Å².